The Hall–Kier alpha value is -2.72. The maximum atomic E-state index is 14.1. The summed E-state index contributed by atoms with van der Waals surface area (Å²) in [5, 5.41) is 12.5. The highest BCUT2D eigenvalue weighted by molar-refractivity contribution is 5.94. The van der Waals surface area contributed by atoms with E-state index < -0.39 is 59.3 Å². The Kier molecular flexibility index (Phi) is 5.15. The van der Waals surface area contributed by atoms with E-state index in [1.54, 1.807) is 12.1 Å². The van der Waals surface area contributed by atoms with E-state index in [0.29, 0.717) is 29.6 Å². The van der Waals surface area contributed by atoms with Crippen molar-refractivity contribution in [2.45, 2.75) is 36.8 Å². The van der Waals surface area contributed by atoms with Gasteiger partial charge in [0.2, 0.25) is 11.8 Å². The number of carbonyl (C=O) groups excluding carboxylic acids is 1. The molecule has 3 heterocycles. The van der Waals surface area contributed by atoms with Crippen molar-refractivity contribution in [2.75, 3.05) is 12.4 Å². The van der Waals surface area contributed by atoms with Crippen molar-refractivity contribution in [3.8, 4) is 5.88 Å². The summed E-state index contributed by atoms with van der Waals surface area (Å²) in [6.45, 7) is 0. The maximum Gasteiger partial charge on any atom is 0.416 e. The molecule has 2 saturated heterocycles. The SMILES string of the molecule is COc1cc(C2C3OC(CC3O)C2C(=O)Nc2cc(C(F)(F)F)ccc2F)ccn1. The second-order valence-electron chi connectivity index (χ2n) is 7.31. The van der Waals surface area contributed by atoms with Gasteiger partial charge in [-0.2, -0.15) is 13.2 Å². The van der Waals surface area contributed by atoms with E-state index >= 15 is 0 Å². The molecule has 2 aliphatic heterocycles. The first kappa shape index (κ1) is 20.5. The van der Waals surface area contributed by atoms with E-state index in [4.69, 9.17) is 9.47 Å². The number of benzene rings is 1. The molecule has 2 N–H and O–H groups in total. The third-order valence-electron chi connectivity index (χ3n) is 5.53. The van der Waals surface area contributed by atoms with Crippen LogP contribution in [0.4, 0.5) is 23.2 Å². The molecule has 5 unspecified atom stereocenters. The zero-order valence-electron chi connectivity index (χ0n) is 15.7. The average molecular weight is 426 g/mol. The van der Waals surface area contributed by atoms with Crippen LogP contribution < -0.4 is 10.1 Å². The third kappa shape index (κ3) is 3.61. The summed E-state index contributed by atoms with van der Waals surface area (Å²) in [5.74, 6) is -2.80. The molecule has 0 radical (unpaired) electrons. The molecule has 0 spiro atoms. The number of nitrogens with one attached hydrogen (secondary N) is 1. The number of ether oxygens (including phenoxy) is 2. The standard InChI is InChI=1S/C20H18F4N2O4/c1-29-15-6-9(4-5-25-15)16-17(14-8-13(27)18(16)30-14)19(28)26-12-7-10(20(22,23)24)2-3-11(12)21/h2-7,13-14,16-18,27H,8H2,1H3,(H,26,28). The van der Waals surface area contributed by atoms with Crippen molar-refractivity contribution < 1.29 is 36.9 Å². The maximum absolute atomic E-state index is 14.1. The molecule has 2 aliphatic rings. The number of carbonyl (C=O) groups is 1. The highest BCUT2D eigenvalue weighted by Gasteiger charge is 2.57. The van der Waals surface area contributed by atoms with Crippen LogP contribution in [-0.2, 0) is 15.7 Å². The number of fused-ring (bicyclic) bond motifs is 2. The molecule has 6 nitrogen and oxygen atoms in total. The Morgan fingerprint density at radius 1 is 1.30 bits per heavy atom. The fraction of sp³-hybridized carbons (Fsp3) is 0.400. The Morgan fingerprint density at radius 2 is 2.07 bits per heavy atom. The largest absolute Gasteiger partial charge is 0.481 e. The van der Waals surface area contributed by atoms with Crippen LogP contribution in [0, 0.1) is 11.7 Å². The minimum absolute atomic E-state index is 0.201. The quantitative estimate of drug-likeness (QED) is 0.735. The van der Waals surface area contributed by atoms with Crippen molar-refractivity contribution in [3.63, 3.8) is 0 Å². The van der Waals surface area contributed by atoms with Crippen LogP contribution >= 0.6 is 0 Å². The molecule has 0 aliphatic carbocycles. The third-order valence-corrected chi connectivity index (χ3v) is 5.53. The number of aliphatic hydroxyl groups excluding tert-OH is 1. The average Bonchev–Trinajstić information content (AvgIpc) is 3.25. The van der Waals surface area contributed by atoms with Crippen molar-refractivity contribution in [2.24, 2.45) is 5.92 Å². The zero-order chi connectivity index (χ0) is 21.6. The highest BCUT2D eigenvalue weighted by atomic mass is 19.4. The van der Waals surface area contributed by atoms with Crippen LogP contribution in [0.1, 0.15) is 23.5 Å². The first-order valence-corrected chi connectivity index (χ1v) is 9.20. The van der Waals surface area contributed by atoms with E-state index in [-0.39, 0.29) is 6.42 Å². The molecule has 2 aromatic rings. The van der Waals surface area contributed by atoms with Crippen molar-refractivity contribution in [1.82, 2.24) is 4.98 Å². The van der Waals surface area contributed by atoms with Crippen molar-refractivity contribution in [3.05, 3.63) is 53.5 Å². The van der Waals surface area contributed by atoms with Crippen molar-refractivity contribution in [1.29, 1.82) is 0 Å². The Labute approximate surface area is 168 Å². The van der Waals surface area contributed by atoms with Gasteiger partial charge in [0.15, 0.2) is 0 Å². The second kappa shape index (κ2) is 7.51. The van der Waals surface area contributed by atoms with Gasteiger partial charge < -0.3 is 19.9 Å². The molecule has 1 aromatic heterocycles. The Morgan fingerprint density at radius 3 is 2.77 bits per heavy atom. The smallest absolute Gasteiger partial charge is 0.416 e. The Bertz CT molecular complexity index is 968. The number of aromatic nitrogens is 1. The van der Waals surface area contributed by atoms with Gasteiger partial charge in [0.05, 0.1) is 42.6 Å². The van der Waals surface area contributed by atoms with E-state index in [2.05, 4.69) is 10.3 Å². The molecule has 4 rings (SSSR count). The molecule has 10 heteroatoms. The minimum atomic E-state index is -4.68. The molecular weight excluding hydrogens is 408 g/mol. The summed E-state index contributed by atoms with van der Waals surface area (Å²) in [6, 6.07) is 5.07. The van der Waals surface area contributed by atoms with Gasteiger partial charge in [-0.25, -0.2) is 9.37 Å². The first-order chi connectivity index (χ1) is 14.2. The lowest BCUT2D eigenvalue weighted by atomic mass is 9.74. The summed E-state index contributed by atoms with van der Waals surface area (Å²) in [5.41, 5.74) is -1.02. The van der Waals surface area contributed by atoms with Gasteiger partial charge in [-0.05, 0) is 29.8 Å². The predicted octanol–water partition coefficient (Wildman–Crippen LogP) is 3.12. The fourth-order valence-corrected chi connectivity index (χ4v) is 4.20. The fourth-order valence-electron chi connectivity index (χ4n) is 4.20. The van der Waals surface area contributed by atoms with Gasteiger partial charge in [-0.1, -0.05) is 0 Å². The van der Waals surface area contributed by atoms with Gasteiger partial charge in [0.1, 0.15) is 5.82 Å². The molecule has 160 valence electrons. The Balaban J connectivity index is 1.64. The van der Waals surface area contributed by atoms with Crippen LogP contribution in [-0.4, -0.2) is 41.4 Å². The summed E-state index contributed by atoms with van der Waals surface area (Å²) in [7, 11) is 1.43. The van der Waals surface area contributed by atoms with Crippen LogP contribution in [0.2, 0.25) is 0 Å². The number of nitrogens with zero attached hydrogens (tertiary/aromatic N) is 1. The zero-order valence-corrected chi connectivity index (χ0v) is 15.7. The topological polar surface area (TPSA) is 80.7 Å². The predicted molar refractivity (Wildman–Crippen MR) is 96.3 cm³/mol. The lowest BCUT2D eigenvalue weighted by Crippen LogP contribution is -2.41. The number of anilines is 1. The normalized spacial score (nSPS) is 27.9. The van der Waals surface area contributed by atoms with Crippen LogP contribution in [0.15, 0.2) is 36.5 Å². The number of halogens is 4. The number of pyridine rings is 1. The summed E-state index contributed by atoms with van der Waals surface area (Å²) >= 11 is 0. The number of hydrogen-bond donors (Lipinski definition) is 2. The molecule has 5 atom stereocenters. The van der Waals surface area contributed by atoms with E-state index in [0.717, 1.165) is 0 Å². The number of alkyl halides is 3. The highest BCUT2D eigenvalue weighted by Crippen LogP contribution is 2.49. The second-order valence-corrected chi connectivity index (χ2v) is 7.31. The van der Waals surface area contributed by atoms with Gasteiger partial charge >= 0.3 is 6.18 Å². The van der Waals surface area contributed by atoms with E-state index in [1.165, 1.54) is 13.3 Å². The van der Waals surface area contributed by atoms with E-state index in [9.17, 15) is 27.5 Å². The molecule has 30 heavy (non-hydrogen) atoms. The number of methoxy groups -OCH3 is 1. The van der Waals surface area contributed by atoms with Gasteiger partial charge in [0.25, 0.3) is 0 Å². The molecule has 1 amide bonds. The van der Waals surface area contributed by atoms with Crippen LogP contribution in [0.5, 0.6) is 5.88 Å². The lowest BCUT2D eigenvalue weighted by molar-refractivity contribution is -0.137. The number of amides is 1. The van der Waals surface area contributed by atoms with Gasteiger partial charge in [-0.3, -0.25) is 4.79 Å². The minimum Gasteiger partial charge on any atom is -0.481 e. The number of aliphatic hydroxyl groups is 1. The summed E-state index contributed by atoms with van der Waals surface area (Å²) in [4.78, 5) is 17.0. The summed E-state index contributed by atoms with van der Waals surface area (Å²) < 4.78 is 63.8. The molecule has 2 fully saturated rings. The van der Waals surface area contributed by atoms with Crippen LogP contribution in [0.3, 0.4) is 0 Å². The first-order valence-electron chi connectivity index (χ1n) is 9.20. The van der Waals surface area contributed by atoms with E-state index in [1.807, 2.05) is 0 Å². The molecule has 1 aromatic carbocycles. The van der Waals surface area contributed by atoms with Gasteiger partial charge in [-0.15, -0.1) is 0 Å². The molecule has 0 saturated carbocycles. The number of hydrogen-bond acceptors (Lipinski definition) is 5. The summed E-state index contributed by atoms with van der Waals surface area (Å²) in [6.07, 6.45) is -5.12. The lowest BCUT2D eigenvalue weighted by Gasteiger charge is -2.30. The number of rotatable bonds is 4. The van der Waals surface area contributed by atoms with Crippen molar-refractivity contribution >= 4 is 11.6 Å². The van der Waals surface area contributed by atoms with Crippen LogP contribution in [0.25, 0.3) is 0 Å². The van der Waals surface area contributed by atoms with Gasteiger partial charge in [0, 0.05) is 24.6 Å². The molecular formula is C20H18F4N2O4. The molecule has 2 bridgehead atoms. The monoisotopic (exact) mass is 426 g/mol.